The normalized spacial score (nSPS) is 16.8. The highest BCUT2D eigenvalue weighted by Gasteiger charge is 2.51. The van der Waals surface area contributed by atoms with Crippen LogP contribution in [0.1, 0.15) is 77.3 Å². The number of benzene rings is 2. The van der Waals surface area contributed by atoms with E-state index in [1.54, 1.807) is 0 Å². The quantitative estimate of drug-likeness (QED) is 0.315. The molecule has 0 spiro atoms. The molecule has 0 amide bonds. The van der Waals surface area contributed by atoms with Gasteiger partial charge in [0.15, 0.2) is 0 Å². The third-order valence-corrected chi connectivity index (χ3v) is 8.89. The van der Waals surface area contributed by atoms with Gasteiger partial charge in [0, 0.05) is 25.0 Å². The lowest BCUT2D eigenvalue weighted by atomic mass is 9.53. The van der Waals surface area contributed by atoms with Crippen LogP contribution in [0.2, 0.25) is 0 Å². The predicted molar refractivity (Wildman–Crippen MR) is 144 cm³/mol. The minimum Gasteiger partial charge on any atom is -0.384 e. The molecule has 2 heteroatoms. The van der Waals surface area contributed by atoms with E-state index in [9.17, 15) is 0 Å². The van der Waals surface area contributed by atoms with Gasteiger partial charge < -0.3 is 9.47 Å². The Balaban J connectivity index is 2.20. The van der Waals surface area contributed by atoms with Gasteiger partial charge in [-0.05, 0) is 54.1 Å². The van der Waals surface area contributed by atoms with Crippen LogP contribution in [0.3, 0.4) is 0 Å². The second-order valence-corrected chi connectivity index (χ2v) is 11.3. The van der Waals surface area contributed by atoms with E-state index in [1.165, 1.54) is 43.2 Å². The second-order valence-electron chi connectivity index (χ2n) is 11.3. The fourth-order valence-corrected chi connectivity index (χ4v) is 7.23. The topological polar surface area (TPSA) is 18.5 Å². The van der Waals surface area contributed by atoms with Crippen molar-refractivity contribution >= 4 is 0 Å². The van der Waals surface area contributed by atoms with Crippen molar-refractivity contribution in [2.75, 3.05) is 27.4 Å². The molecule has 0 N–H and O–H groups in total. The van der Waals surface area contributed by atoms with Gasteiger partial charge in [0.25, 0.3) is 0 Å². The first-order valence-electron chi connectivity index (χ1n) is 13.5. The molecule has 0 saturated heterocycles. The van der Waals surface area contributed by atoms with Crippen LogP contribution in [0.25, 0.3) is 0 Å². The Morgan fingerprint density at radius 2 is 1.21 bits per heavy atom. The van der Waals surface area contributed by atoms with Crippen molar-refractivity contribution in [2.45, 2.75) is 71.6 Å². The zero-order valence-electron chi connectivity index (χ0n) is 22.6. The van der Waals surface area contributed by atoms with Crippen molar-refractivity contribution in [3.05, 3.63) is 71.8 Å². The van der Waals surface area contributed by atoms with Crippen LogP contribution >= 0.6 is 0 Å². The molecule has 3 rings (SSSR count). The first-order chi connectivity index (χ1) is 16.4. The third kappa shape index (κ3) is 5.44. The zero-order chi connectivity index (χ0) is 24.6. The lowest BCUT2D eigenvalue weighted by Gasteiger charge is -2.53. The molecule has 0 heterocycles. The summed E-state index contributed by atoms with van der Waals surface area (Å²) in [7, 11) is 3.77. The summed E-state index contributed by atoms with van der Waals surface area (Å²) in [6.07, 6.45) is 7.71. The Labute approximate surface area is 209 Å². The van der Waals surface area contributed by atoms with Crippen molar-refractivity contribution in [1.82, 2.24) is 0 Å². The van der Waals surface area contributed by atoms with Crippen LogP contribution in [0, 0.1) is 29.1 Å². The Morgan fingerprint density at radius 3 is 1.59 bits per heavy atom. The molecule has 188 valence electrons. The maximum Gasteiger partial charge on any atom is 0.0546 e. The van der Waals surface area contributed by atoms with Gasteiger partial charge in [-0.2, -0.15) is 0 Å². The van der Waals surface area contributed by atoms with Crippen LogP contribution in [0.15, 0.2) is 60.7 Å². The Morgan fingerprint density at radius 1 is 0.735 bits per heavy atom. The summed E-state index contributed by atoms with van der Waals surface area (Å²) in [5.41, 5.74) is 2.80. The Hall–Kier alpha value is -1.64. The molecule has 2 aromatic carbocycles. The van der Waals surface area contributed by atoms with Gasteiger partial charge in [-0.1, -0.05) is 108 Å². The van der Waals surface area contributed by atoms with Crippen LogP contribution in [0.5, 0.6) is 0 Å². The molecule has 0 aliphatic heterocycles. The van der Waals surface area contributed by atoms with Crippen molar-refractivity contribution in [1.29, 1.82) is 0 Å². The fraction of sp³-hybridized carbons (Fsp3) is 0.625. The predicted octanol–water partition coefficient (Wildman–Crippen LogP) is 8.15. The third-order valence-electron chi connectivity index (χ3n) is 8.89. The second kappa shape index (κ2) is 12.4. The molecule has 1 aliphatic rings. The molecule has 2 aromatic rings. The van der Waals surface area contributed by atoms with Crippen LogP contribution < -0.4 is 0 Å². The summed E-state index contributed by atoms with van der Waals surface area (Å²) in [6.45, 7) is 11.2. The lowest BCUT2D eigenvalue weighted by molar-refractivity contribution is -0.100. The molecule has 1 unspecified atom stereocenters. The highest BCUT2D eigenvalue weighted by molar-refractivity contribution is 5.40. The molecule has 1 aliphatic carbocycles. The highest BCUT2D eigenvalue weighted by Crippen LogP contribution is 2.54. The summed E-state index contributed by atoms with van der Waals surface area (Å²) in [6, 6.07) is 22.5. The van der Waals surface area contributed by atoms with E-state index in [4.69, 9.17) is 9.47 Å². The molecule has 0 aromatic heterocycles. The molecular formula is C32H48O2. The largest absolute Gasteiger partial charge is 0.384 e. The van der Waals surface area contributed by atoms with Gasteiger partial charge >= 0.3 is 0 Å². The average Bonchev–Trinajstić information content (AvgIpc) is 2.86. The van der Waals surface area contributed by atoms with Crippen molar-refractivity contribution in [3.63, 3.8) is 0 Å². The first-order valence-corrected chi connectivity index (χ1v) is 13.5. The Bertz CT molecular complexity index is 775. The van der Waals surface area contributed by atoms with Gasteiger partial charge in [-0.15, -0.1) is 0 Å². The summed E-state index contributed by atoms with van der Waals surface area (Å²) >= 11 is 0. The van der Waals surface area contributed by atoms with Crippen LogP contribution in [0.4, 0.5) is 0 Å². The van der Waals surface area contributed by atoms with Gasteiger partial charge in [-0.25, -0.2) is 0 Å². The Kier molecular flexibility index (Phi) is 9.80. The first kappa shape index (κ1) is 27.0. The molecule has 34 heavy (non-hydrogen) atoms. The summed E-state index contributed by atoms with van der Waals surface area (Å²) < 4.78 is 12.1. The molecule has 2 nitrogen and oxygen atoms in total. The minimum atomic E-state index is -0.0706. The zero-order valence-corrected chi connectivity index (χ0v) is 22.6. The SMILES string of the molecule is COCC(COC)(C1CCCCC1)C(CC(c1ccccc1)(c1ccccc1)C(C)C)C(C)C. The maximum atomic E-state index is 6.05. The van der Waals surface area contributed by atoms with Gasteiger partial charge in [0.05, 0.1) is 13.2 Å². The van der Waals surface area contributed by atoms with Crippen molar-refractivity contribution < 1.29 is 9.47 Å². The van der Waals surface area contributed by atoms with Crippen LogP contribution in [-0.4, -0.2) is 27.4 Å². The van der Waals surface area contributed by atoms with Crippen LogP contribution in [-0.2, 0) is 14.9 Å². The monoisotopic (exact) mass is 464 g/mol. The number of hydrogen-bond donors (Lipinski definition) is 0. The molecule has 0 bridgehead atoms. The van der Waals surface area contributed by atoms with E-state index in [2.05, 4.69) is 88.4 Å². The highest BCUT2D eigenvalue weighted by atomic mass is 16.5. The van der Waals surface area contributed by atoms with E-state index in [-0.39, 0.29) is 10.8 Å². The van der Waals surface area contributed by atoms with Crippen molar-refractivity contribution in [2.24, 2.45) is 29.1 Å². The standard InChI is InChI=1S/C32H48O2/c1-25(2)30(31(23-33-5,24-34-6)27-16-10-7-11-17-27)22-32(26(3)4,28-18-12-8-13-19-28)29-20-14-9-15-21-29/h8-9,12-15,18-21,25-27,30H,7,10-11,16-17,22-24H2,1-6H3. The van der Waals surface area contributed by atoms with E-state index < -0.39 is 0 Å². The molecule has 0 radical (unpaired) electrons. The van der Waals surface area contributed by atoms with Gasteiger partial charge in [-0.3, -0.25) is 0 Å². The molecular weight excluding hydrogens is 416 g/mol. The molecule has 1 fully saturated rings. The lowest BCUT2D eigenvalue weighted by Crippen LogP contribution is -2.51. The maximum absolute atomic E-state index is 6.05. The van der Waals surface area contributed by atoms with E-state index in [0.29, 0.717) is 23.7 Å². The molecule has 1 atom stereocenters. The van der Waals surface area contributed by atoms with Crippen molar-refractivity contribution in [3.8, 4) is 0 Å². The molecule has 1 saturated carbocycles. The number of ether oxygens (including phenoxy) is 2. The van der Waals surface area contributed by atoms with E-state index in [1.807, 2.05) is 14.2 Å². The van der Waals surface area contributed by atoms with Gasteiger partial charge in [0.1, 0.15) is 0 Å². The van der Waals surface area contributed by atoms with E-state index >= 15 is 0 Å². The summed E-state index contributed by atoms with van der Waals surface area (Å²) in [4.78, 5) is 0. The number of methoxy groups -OCH3 is 2. The van der Waals surface area contributed by atoms with Gasteiger partial charge in [0.2, 0.25) is 0 Å². The number of hydrogen-bond acceptors (Lipinski definition) is 2. The summed E-state index contributed by atoms with van der Waals surface area (Å²) in [5, 5.41) is 0. The fourth-order valence-electron chi connectivity index (χ4n) is 7.23. The average molecular weight is 465 g/mol. The summed E-state index contributed by atoms with van der Waals surface area (Å²) in [5.74, 6) is 2.09. The smallest absolute Gasteiger partial charge is 0.0546 e. The number of rotatable bonds is 12. The minimum absolute atomic E-state index is 0.0157. The van der Waals surface area contributed by atoms with E-state index in [0.717, 1.165) is 19.6 Å².